The van der Waals surface area contributed by atoms with Gasteiger partial charge in [-0.05, 0) is 99.3 Å². The van der Waals surface area contributed by atoms with Crippen molar-refractivity contribution in [1.29, 1.82) is 0 Å². The number of rotatable bonds is 8. The second kappa shape index (κ2) is 9.21. The molecule has 4 fully saturated rings. The van der Waals surface area contributed by atoms with Crippen molar-refractivity contribution in [2.45, 2.75) is 51.9 Å². The average Bonchev–Trinajstić information content (AvgIpc) is 2.79. The Morgan fingerprint density at radius 1 is 1.15 bits per heavy atom. The van der Waals surface area contributed by atoms with Crippen molar-refractivity contribution in [2.24, 2.45) is 23.2 Å². The zero-order chi connectivity index (χ0) is 23.9. The van der Waals surface area contributed by atoms with Crippen LogP contribution in [0, 0.1) is 23.2 Å². The lowest BCUT2D eigenvalue weighted by Gasteiger charge is -2.57. The predicted molar refractivity (Wildman–Crippen MR) is 134 cm³/mol. The van der Waals surface area contributed by atoms with Crippen molar-refractivity contribution < 1.29 is 14.7 Å². The smallest absolute Gasteiger partial charge is 0.339 e. The summed E-state index contributed by atoms with van der Waals surface area (Å²) in [5.74, 6) is 1.77. The largest absolute Gasteiger partial charge is 0.478 e. The van der Waals surface area contributed by atoms with E-state index in [-0.39, 0.29) is 11.5 Å². The molecule has 6 rings (SSSR count). The molecular formula is C27H32ClN3O3. The number of amides is 1. The van der Waals surface area contributed by atoms with Crippen LogP contribution in [0.15, 0.2) is 36.5 Å². The van der Waals surface area contributed by atoms with Crippen LogP contribution in [0.25, 0.3) is 0 Å². The van der Waals surface area contributed by atoms with E-state index in [0.29, 0.717) is 34.1 Å². The Hall–Kier alpha value is -2.60. The lowest BCUT2D eigenvalue weighted by molar-refractivity contribution is -0.0559. The Bertz CT molecular complexity index is 1070. The van der Waals surface area contributed by atoms with E-state index in [2.05, 4.69) is 15.2 Å². The molecule has 4 saturated carbocycles. The molecule has 180 valence electrons. The highest BCUT2D eigenvalue weighted by atomic mass is 35.5. The number of benzene rings is 1. The number of pyridine rings is 1. The number of carbonyl (C=O) groups is 2. The van der Waals surface area contributed by atoms with E-state index in [1.165, 1.54) is 50.8 Å². The van der Waals surface area contributed by atoms with Crippen molar-refractivity contribution in [1.82, 2.24) is 4.98 Å². The van der Waals surface area contributed by atoms with Gasteiger partial charge >= 0.3 is 5.97 Å². The van der Waals surface area contributed by atoms with Gasteiger partial charge in [0.2, 0.25) is 0 Å². The minimum absolute atomic E-state index is 0.108. The Balaban J connectivity index is 1.31. The second-order valence-corrected chi connectivity index (χ2v) is 11.0. The number of carboxylic acids is 1. The number of aromatic carboxylic acids is 1. The van der Waals surface area contributed by atoms with Gasteiger partial charge < -0.3 is 15.3 Å². The summed E-state index contributed by atoms with van der Waals surface area (Å²) in [4.78, 5) is 31.3. The molecule has 1 heterocycles. The number of nitrogens with zero attached hydrogens (tertiary/aromatic N) is 2. The highest BCUT2D eigenvalue weighted by molar-refractivity contribution is 6.31. The van der Waals surface area contributed by atoms with Crippen LogP contribution < -0.4 is 10.2 Å². The Labute approximate surface area is 205 Å². The summed E-state index contributed by atoms with van der Waals surface area (Å²) in [5, 5.41) is 13.1. The molecule has 6 nitrogen and oxygen atoms in total. The molecule has 0 unspecified atom stereocenters. The predicted octanol–water partition coefficient (Wildman–Crippen LogP) is 6.12. The van der Waals surface area contributed by atoms with Gasteiger partial charge in [-0.1, -0.05) is 17.7 Å². The first kappa shape index (κ1) is 23.2. The summed E-state index contributed by atoms with van der Waals surface area (Å²) in [7, 11) is 0. The Morgan fingerprint density at radius 2 is 1.82 bits per heavy atom. The highest BCUT2D eigenvalue weighted by Crippen LogP contribution is 2.61. The Morgan fingerprint density at radius 3 is 2.41 bits per heavy atom. The standard InChI is InChI=1S/C27H32ClN3O3/c1-2-31(7-6-27-13-17-8-18(14-27)10-19(9-17)15-27)24-23(26(33)34)12-22(16-29-24)30-25(32)20-4-3-5-21(28)11-20/h3-5,11-12,16-19H,2,6-10,13-15H2,1H3,(H,30,32)(H,33,34). The van der Waals surface area contributed by atoms with Gasteiger partial charge in [-0.2, -0.15) is 0 Å². The Kier molecular flexibility index (Phi) is 6.28. The maximum Gasteiger partial charge on any atom is 0.339 e. The van der Waals surface area contributed by atoms with Gasteiger partial charge in [0.05, 0.1) is 11.9 Å². The zero-order valence-corrected chi connectivity index (χ0v) is 20.4. The van der Waals surface area contributed by atoms with Gasteiger partial charge in [-0.3, -0.25) is 4.79 Å². The summed E-state index contributed by atoms with van der Waals surface area (Å²) < 4.78 is 0. The van der Waals surface area contributed by atoms with E-state index < -0.39 is 5.97 Å². The molecule has 2 N–H and O–H groups in total. The topological polar surface area (TPSA) is 82.5 Å². The van der Waals surface area contributed by atoms with Crippen LogP contribution in [0.5, 0.6) is 0 Å². The first-order chi connectivity index (χ1) is 16.3. The third kappa shape index (κ3) is 4.65. The number of anilines is 2. The molecule has 1 aromatic carbocycles. The average molecular weight is 482 g/mol. The van der Waals surface area contributed by atoms with E-state index in [9.17, 15) is 14.7 Å². The molecule has 4 bridgehead atoms. The molecule has 0 radical (unpaired) electrons. The number of carbonyl (C=O) groups excluding carboxylic acids is 1. The van der Waals surface area contributed by atoms with Crippen molar-refractivity contribution in [3.05, 3.63) is 52.7 Å². The third-order valence-corrected chi connectivity index (χ3v) is 8.44. The van der Waals surface area contributed by atoms with Gasteiger partial charge in [0, 0.05) is 23.7 Å². The number of hydrogen-bond donors (Lipinski definition) is 2. The normalized spacial score (nSPS) is 26.9. The summed E-state index contributed by atoms with van der Waals surface area (Å²) in [5.41, 5.74) is 1.29. The summed E-state index contributed by atoms with van der Waals surface area (Å²) in [6, 6.07) is 8.12. The fourth-order valence-corrected chi connectivity index (χ4v) is 7.34. The van der Waals surface area contributed by atoms with Gasteiger partial charge in [-0.25, -0.2) is 9.78 Å². The maximum absolute atomic E-state index is 12.6. The van der Waals surface area contributed by atoms with E-state index in [1.807, 2.05) is 6.92 Å². The second-order valence-electron chi connectivity index (χ2n) is 10.6. The molecule has 4 aliphatic rings. The lowest BCUT2D eigenvalue weighted by atomic mass is 9.49. The van der Waals surface area contributed by atoms with Crippen LogP contribution in [0.1, 0.15) is 72.6 Å². The molecular weight excluding hydrogens is 450 g/mol. The lowest BCUT2D eigenvalue weighted by Crippen LogP contribution is -2.47. The molecule has 1 aromatic heterocycles. The molecule has 0 saturated heterocycles. The number of halogens is 1. The number of aromatic nitrogens is 1. The molecule has 4 aliphatic carbocycles. The molecule has 7 heteroatoms. The SMILES string of the molecule is CCN(CCC12CC3CC(CC(C3)C1)C2)c1ncc(NC(=O)c2cccc(Cl)c2)cc1C(=O)O. The van der Waals surface area contributed by atoms with Gasteiger partial charge in [0.25, 0.3) is 5.91 Å². The van der Waals surface area contributed by atoms with Crippen molar-refractivity contribution in [3.8, 4) is 0 Å². The molecule has 0 spiro atoms. The molecule has 0 atom stereocenters. The van der Waals surface area contributed by atoms with Crippen molar-refractivity contribution >= 4 is 35.0 Å². The molecule has 0 aliphatic heterocycles. The number of nitrogens with one attached hydrogen (secondary N) is 1. The van der Waals surface area contributed by atoms with Crippen LogP contribution in [0.3, 0.4) is 0 Å². The van der Waals surface area contributed by atoms with E-state index in [4.69, 9.17) is 11.6 Å². The van der Waals surface area contributed by atoms with E-state index in [1.54, 1.807) is 24.3 Å². The fraction of sp³-hybridized carbons (Fsp3) is 0.519. The van der Waals surface area contributed by atoms with E-state index >= 15 is 0 Å². The van der Waals surface area contributed by atoms with Gasteiger partial charge in [0.15, 0.2) is 0 Å². The van der Waals surface area contributed by atoms with Crippen molar-refractivity contribution in [3.63, 3.8) is 0 Å². The first-order valence-corrected chi connectivity index (χ1v) is 12.8. The van der Waals surface area contributed by atoms with Gasteiger partial charge in [-0.15, -0.1) is 0 Å². The van der Waals surface area contributed by atoms with Crippen molar-refractivity contribution in [2.75, 3.05) is 23.3 Å². The summed E-state index contributed by atoms with van der Waals surface area (Å²) in [6.45, 7) is 3.54. The quantitative estimate of drug-likeness (QED) is 0.474. The minimum atomic E-state index is -1.05. The third-order valence-electron chi connectivity index (χ3n) is 8.20. The van der Waals surface area contributed by atoms with Crippen LogP contribution >= 0.6 is 11.6 Å². The monoisotopic (exact) mass is 481 g/mol. The first-order valence-electron chi connectivity index (χ1n) is 12.4. The molecule has 2 aromatic rings. The summed E-state index contributed by atoms with van der Waals surface area (Å²) >= 11 is 5.98. The van der Waals surface area contributed by atoms with Crippen LogP contribution in [-0.2, 0) is 0 Å². The number of hydrogen-bond acceptors (Lipinski definition) is 4. The van der Waals surface area contributed by atoms with Crippen LogP contribution in [-0.4, -0.2) is 35.1 Å². The highest BCUT2D eigenvalue weighted by Gasteiger charge is 2.50. The molecule has 1 amide bonds. The van der Waals surface area contributed by atoms with E-state index in [0.717, 1.165) is 30.7 Å². The van der Waals surface area contributed by atoms with Gasteiger partial charge in [0.1, 0.15) is 11.4 Å². The fourth-order valence-electron chi connectivity index (χ4n) is 7.15. The molecule has 34 heavy (non-hydrogen) atoms. The zero-order valence-electron chi connectivity index (χ0n) is 19.6. The minimum Gasteiger partial charge on any atom is -0.478 e. The van der Waals surface area contributed by atoms with Crippen LogP contribution in [0.2, 0.25) is 5.02 Å². The maximum atomic E-state index is 12.6. The number of carboxylic acid groups (broad SMARTS) is 1. The van der Waals surface area contributed by atoms with Crippen LogP contribution in [0.4, 0.5) is 11.5 Å². The summed E-state index contributed by atoms with van der Waals surface area (Å²) in [6.07, 6.45) is 10.9.